The predicted molar refractivity (Wildman–Crippen MR) is 130 cm³/mol. The summed E-state index contributed by atoms with van der Waals surface area (Å²) in [6.07, 6.45) is 19.1. The predicted octanol–water partition coefficient (Wildman–Crippen LogP) is 4.91. The van der Waals surface area contributed by atoms with E-state index >= 15 is 0 Å². The molecule has 0 spiro atoms. The molecule has 5 rings (SSSR count). The van der Waals surface area contributed by atoms with Crippen molar-refractivity contribution in [3.63, 3.8) is 0 Å². The van der Waals surface area contributed by atoms with Crippen LogP contribution < -0.4 is 4.90 Å². The van der Waals surface area contributed by atoms with E-state index in [1.807, 2.05) is 49.0 Å². The van der Waals surface area contributed by atoms with Crippen molar-refractivity contribution in [3.05, 3.63) is 66.9 Å². The molecule has 0 radical (unpaired) electrons. The molecule has 8 heteroatoms. The van der Waals surface area contributed by atoms with Gasteiger partial charge in [-0.15, -0.1) is 10.2 Å². The molecule has 2 aliphatic rings. The Hall–Kier alpha value is -3.55. The maximum atomic E-state index is 5.15. The van der Waals surface area contributed by atoms with Crippen molar-refractivity contribution in [2.75, 3.05) is 4.90 Å². The van der Waals surface area contributed by atoms with Gasteiger partial charge in [-0.1, -0.05) is 50.6 Å². The Morgan fingerprint density at radius 3 is 2.76 bits per heavy atom. The van der Waals surface area contributed by atoms with Crippen LogP contribution in [-0.4, -0.2) is 40.3 Å². The number of hydrogen-bond donors (Lipinski definition) is 0. The third-order valence-corrected chi connectivity index (χ3v) is 6.65. The SMILES string of the molecule is C=CC=CC(=CC)c1nccn1-c1ncc2c(n1)N(C1CCCC1)C(CC)c1nnc(C)n1-2. The van der Waals surface area contributed by atoms with Crippen LogP contribution in [0.3, 0.4) is 0 Å². The maximum absolute atomic E-state index is 5.15. The minimum Gasteiger partial charge on any atom is -0.341 e. The van der Waals surface area contributed by atoms with E-state index < -0.39 is 0 Å². The Labute approximate surface area is 194 Å². The van der Waals surface area contributed by atoms with Crippen LogP contribution in [0.5, 0.6) is 0 Å². The van der Waals surface area contributed by atoms with Gasteiger partial charge < -0.3 is 4.90 Å². The minimum atomic E-state index is 0.147. The van der Waals surface area contributed by atoms with E-state index in [1.165, 1.54) is 25.7 Å². The average molecular weight is 443 g/mol. The summed E-state index contributed by atoms with van der Waals surface area (Å²) in [5.41, 5.74) is 1.93. The van der Waals surface area contributed by atoms with Crippen molar-refractivity contribution in [1.29, 1.82) is 0 Å². The molecule has 0 amide bonds. The molecule has 8 nitrogen and oxygen atoms in total. The van der Waals surface area contributed by atoms with Crippen molar-refractivity contribution >= 4 is 11.4 Å². The minimum absolute atomic E-state index is 0.147. The summed E-state index contributed by atoms with van der Waals surface area (Å²) < 4.78 is 4.07. The van der Waals surface area contributed by atoms with Crippen molar-refractivity contribution in [2.45, 2.75) is 65.0 Å². The molecule has 33 heavy (non-hydrogen) atoms. The number of anilines is 1. The molecule has 170 valence electrons. The van der Waals surface area contributed by atoms with Gasteiger partial charge in [-0.05, 0) is 33.1 Å². The normalized spacial score (nSPS) is 18.7. The van der Waals surface area contributed by atoms with E-state index in [2.05, 4.69) is 38.2 Å². The Balaban J connectivity index is 1.67. The van der Waals surface area contributed by atoms with Gasteiger partial charge in [0, 0.05) is 24.0 Å². The zero-order chi connectivity index (χ0) is 22.9. The van der Waals surface area contributed by atoms with Crippen LogP contribution in [0.4, 0.5) is 5.82 Å². The molecular weight excluding hydrogens is 412 g/mol. The molecular formula is C25H30N8. The highest BCUT2D eigenvalue weighted by atomic mass is 15.4. The van der Waals surface area contributed by atoms with Crippen molar-refractivity contribution in [3.8, 4) is 11.6 Å². The number of allylic oxidation sites excluding steroid dienone is 5. The van der Waals surface area contributed by atoms with Crippen LogP contribution >= 0.6 is 0 Å². The lowest BCUT2D eigenvalue weighted by molar-refractivity contribution is 0.467. The second kappa shape index (κ2) is 8.77. The van der Waals surface area contributed by atoms with E-state index in [-0.39, 0.29) is 6.04 Å². The molecule has 0 saturated heterocycles. The summed E-state index contributed by atoms with van der Waals surface area (Å²) >= 11 is 0. The van der Waals surface area contributed by atoms with E-state index in [0.29, 0.717) is 12.0 Å². The van der Waals surface area contributed by atoms with Crippen LogP contribution in [0, 0.1) is 6.92 Å². The second-order valence-corrected chi connectivity index (χ2v) is 8.55. The summed E-state index contributed by atoms with van der Waals surface area (Å²) in [6.45, 7) is 9.98. The molecule has 1 fully saturated rings. The standard InChI is InChI=1S/C25H30N8/c1-5-8-11-18(6-2)22-26-14-15-31(22)25-27-16-21-23(28-25)33(19-12-9-10-13-19)20(7-3)24-30-29-17(4)32(21)24/h5-6,8,11,14-16,19-20H,1,7,9-10,12-13H2,2-4H3. The number of imidazole rings is 1. The zero-order valence-electron chi connectivity index (χ0n) is 19.5. The first-order valence-electron chi connectivity index (χ1n) is 11.7. The van der Waals surface area contributed by atoms with Gasteiger partial charge in [0.25, 0.3) is 0 Å². The molecule has 1 aliphatic carbocycles. The van der Waals surface area contributed by atoms with Gasteiger partial charge in [0.05, 0.1) is 12.2 Å². The molecule has 0 bridgehead atoms. The van der Waals surface area contributed by atoms with Gasteiger partial charge in [0.15, 0.2) is 11.6 Å². The van der Waals surface area contributed by atoms with Crippen LogP contribution in [-0.2, 0) is 0 Å². The van der Waals surface area contributed by atoms with E-state index in [9.17, 15) is 0 Å². The Morgan fingerprint density at radius 1 is 1.21 bits per heavy atom. The molecule has 1 saturated carbocycles. The third-order valence-electron chi connectivity index (χ3n) is 6.65. The molecule has 0 N–H and O–H groups in total. The Morgan fingerprint density at radius 2 is 2.03 bits per heavy atom. The summed E-state index contributed by atoms with van der Waals surface area (Å²) in [6, 6.07) is 0.597. The topological polar surface area (TPSA) is 77.6 Å². The fraction of sp³-hybridized carbons (Fsp3) is 0.400. The van der Waals surface area contributed by atoms with Gasteiger partial charge >= 0.3 is 0 Å². The first kappa shape index (κ1) is 21.3. The van der Waals surface area contributed by atoms with Crippen LogP contribution in [0.25, 0.3) is 17.2 Å². The lowest BCUT2D eigenvalue weighted by Gasteiger charge is -2.41. The van der Waals surface area contributed by atoms with Gasteiger partial charge in [-0.25, -0.2) is 9.97 Å². The fourth-order valence-electron chi connectivity index (χ4n) is 5.12. The summed E-state index contributed by atoms with van der Waals surface area (Å²) in [5.74, 6) is 4.21. The Kier molecular flexibility index (Phi) is 5.66. The van der Waals surface area contributed by atoms with E-state index in [0.717, 1.165) is 41.0 Å². The number of rotatable bonds is 6. The lowest BCUT2D eigenvalue weighted by atomic mass is 10.0. The molecule has 1 aliphatic heterocycles. The highest BCUT2D eigenvalue weighted by Crippen LogP contribution is 2.43. The smallest absolute Gasteiger partial charge is 0.237 e. The molecule has 4 heterocycles. The first-order valence-corrected chi connectivity index (χ1v) is 11.7. The van der Waals surface area contributed by atoms with Crippen molar-refractivity contribution in [2.24, 2.45) is 0 Å². The first-order chi connectivity index (χ1) is 16.2. The fourth-order valence-corrected chi connectivity index (χ4v) is 5.12. The summed E-state index contributed by atoms with van der Waals surface area (Å²) in [5, 5.41) is 8.95. The number of aromatic nitrogens is 7. The van der Waals surface area contributed by atoms with E-state index in [4.69, 9.17) is 9.97 Å². The zero-order valence-corrected chi connectivity index (χ0v) is 19.5. The summed E-state index contributed by atoms with van der Waals surface area (Å²) in [7, 11) is 0. The maximum Gasteiger partial charge on any atom is 0.237 e. The largest absolute Gasteiger partial charge is 0.341 e. The third kappa shape index (κ3) is 3.50. The van der Waals surface area contributed by atoms with Crippen molar-refractivity contribution < 1.29 is 0 Å². The van der Waals surface area contributed by atoms with Crippen LogP contribution in [0.2, 0.25) is 0 Å². The van der Waals surface area contributed by atoms with Crippen LogP contribution in [0.1, 0.15) is 69.5 Å². The number of hydrogen-bond acceptors (Lipinski definition) is 6. The van der Waals surface area contributed by atoms with Gasteiger partial charge in [0.2, 0.25) is 5.95 Å². The highest BCUT2D eigenvalue weighted by molar-refractivity contribution is 5.71. The molecule has 0 aromatic carbocycles. The Bertz CT molecular complexity index is 1230. The van der Waals surface area contributed by atoms with E-state index in [1.54, 1.807) is 12.3 Å². The van der Waals surface area contributed by atoms with Crippen molar-refractivity contribution in [1.82, 2.24) is 34.3 Å². The number of nitrogens with zero attached hydrogens (tertiary/aromatic N) is 8. The molecule has 1 atom stereocenters. The second-order valence-electron chi connectivity index (χ2n) is 8.55. The molecule has 3 aromatic rings. The monoisotopic (exact) mass is 442 g/mol. The average Bonchev–Trinajstić information content (AvgIpc) is 3.60. The quantitative estimate of drug-likeness (QED) is 0.505. The number of fused-ring (bicyclic) bond motifs is 3. The molecule has 1 unspecified atom stereocenters. The van der Waals surface area contributed by atoms with Gasteiger partial charge in [-0.3, -0.25) is 9.13 Å². The lowest BCUT2D eigenvalue weighted by Crippen LogP contribution is -2.42. The van der Waals surface area contributed by atoms with Gasteiger partial charge in [0.1, 0.15) is 17.3 Å². The summed E-state index contributed by atoms with van der Waals surface area (Å²) in [4.78, 5) is 17.0. The highest BCUT2D eigenvalue weighted by Gasteiger charge is 2.39. The van der Waals surface area contributed by atoms with Gasteiger partial charge in [-0.2, -0.15) is 4.98 Å². The number of aryl methyl sites for hydroxylation is 1. The van der Waals surface area contributed by atoms with Crippen LogP contribution in [0.15, 0.2) is 49.5 Å². The molecule has 3 aromatic heterocycles.